The molecule has 0 spiro atoms. The molecule has 2 saturated heterocycles. The third kappa shape index (κ3) is 2.28. The fourth-order valence-electron chi connectivity index (χ4n) is 2.78. The molecule has 0 aromatic heterocycles. The van der Waals surface area contributed by atoms with Gasteiger partial charge in [0, 0.05) is 26.2 Å². The number of carbonyl (C=O) groups excluding carboxylic acids is 1. The number of nitrogens with zero attached hydrogens (tertiary/aromatic N) is 2. The van der Waals surface area contributed by atoms with Crippen LogP contribution in [-0.2, 0) is 9.53 Å². The summed E-state index contributed by atoms with van der Waals surface area (Å²) in [5.74, 6) is -0.352. The first kappa shape index (κ1) is 13.1. The van der Waals surface area contributed by atoms with E-state index in [1.807, 2.05) is 0 Å². The summed E-state index contributed by atoms with van der Waals surface area (Å²) in [6.07, 6.45) is -0.00134. The second-order valence-electron chi connectivity index (χ2n) is 4.76. The molecule has 102 valence electrons. The minimum absolute atomic E-state index is 0.352. The summed E-state index contributed by atoms with van der Waals surface area (Å²) in [6, 6.07) is 0. The SMILES string of the molecule is NC(=O)C1(N2CCOCC2)CCN(C(=O)O)CC1. The number of carboxylic acid groups (broad SMARTS) is 1. The minimum Gasteiger partial charge on any atom is -0.465 e. The molecule has 2 fully saturated rings. The van der Waals surface area contributed by atoms with Gasteiger partial charge in [-0.15, -0.1) is 0 Å². The summed E-state index contributed by atoms with van der Waals surface area (Å²) in [5, 5.41) is 8.93. The van der Waals surface area contributed by atoms with Gasteiger partial charge in [0.25, 0.3) is 0 Å². The second kappa shape index (κ2) is 5.11. The van der Waals surface area contributed by atoms with Gasteiger partial charge in [-0.3, -0.25) is 9.69 Å². The van der Waals surface area contributed by atoms with Crippen LogP contribution >= 0.6 is 0 Å². The predicted molar refractivity (Wildman–Crippen MR) is 63.1 cm³/mol. The Labute approximate surface area is 105 Å². The molecule has 2 heterocycles. The van der Waals surface area contributed by atoms with Gasteiger partial charge in [-0.1, -0.05) is 0 Å². The number of amides is 2. The Balaban J connectivity index is 2.09. The fourth-order valence-corrected chi connectivity index (χ4v) is 2.78. The van der Waals surface area contributed by atoms with Crippen LogP contribution in [0.5, 0.6) is 0 Å². The van der Waals surface area contributed by atoms with Crippen LogP contribution in [0.4, 0.5) is 4.79 Å². The minimum atomic E-state index is -0.935. The summed E-state index contributed by atoms with van der Waals surface area (Å²) in [7, 11) is 0. The zero-order valence-corrected chi connectivity index (χ0v) is 10.3. The van der Waals surface area contributed by atoms with Crippen molar-refractivity contribution in [3.8, 4) is 0 Å². The van der Waals surface area contributed by atoms with Gasteiger partial charge in [0.1, 0.15) is 5.54 Å². The van der Waals surface area contributed by atoms with Gasteiger partial charge in [0.05, 0.1) is 13.2 Å². The quantitative estimate of drug-likeness (QED) is 0.683. The summed E-state index contributed by atoms with van der Waals surface area (Å²) in [6.45, 7) is 3.26. The molecule has 3 N–H and O–H groups in total. The molecule has 0 aliphatic carbocycles. The third-order valence-electron chi connectivity index (χ3n) is 3.94. The van der Waals surface area contributed by atoms with Crippen molar-refractivity contribution in [1.29, 1.82) is 0 Å². The van der Waals surface area contributed by atoms with E-state index in [1.165, 1.54) is 4.90 Å². The van der Waals surface area contributed by atoms with E-state index in [-0.39, 0.29) is 5.91 Å². The second-order valence-corrected chi connectivity index (χ2v) is 4.76. The summed E-state index contributed by atoms with van der Waals surface area (Å²) < 4.78 is 5.28. The number of carbonyl (C=O) groups is 2. The molecule has 7 heteroatoms. The Morgan fingerprint density at radius 1 is 1.11 bits per heavy atom. The molecule has 0 atom stereocenters. The maximum atomic E-state index is 11.8. The van der Waals surface area contributed by atoms with Crippen molar-refractivity contribution in [2.75, 3.05) is 39.4 Å². The van der Waals surface area contributed by atoms with Crippen molar-refractivity contribution in [3.63, 3.8) is 0 Å². The Bertz CT molecular complexity index is 333. The third-order valence-corrected chi connectivity index (χ3v) is 3.94. The highest BCUT2D eigenvalue weighted by molar-refractivity contribution is 5.85. The highest BCUT2D eigenvalue weighted by Gasteiger charge is 2.45. The number of piperidine rings is 1. The van der Waals surface area contributed by atoms with Crippen molar-refractivity contribution < 1.29 is 19.4 Å². The van der Waals surface area contributed by atoms with Crippen LogP contribution in [0.1, 0.15) is 12.8 Å². The number of likely N-dealkylation sites (tertiary alicyclic amines) is 1. The van der Waals surface area contributed by atoms with E-state index in [0.717, 1.165) is 0 Å². The summed E-state index contributed by atoms with van der Waals surface area (Å²) in [5.41, 5.74) is 4.87. The summed E-state index contributed by atoms with van der Waals surface area (Å²) in [4.78, 5) is 26.1. The fraction of sp³-hybridized carbons (Fsp3) is 0.818. The molecule has 2 aliphatic heterocycles. The van der Waals surface area contributed by atoms with E-state index in [9.17, 15) is 9.59 Å². The monoisotopic (exact) mass is 257 g/mol. The lowest BCUT2D eigenvalue weighted by atomic mass is 9.84. The molecule has 18 heavy (non-hydrogen) atoms. The average Bonchev–Trinajstić information content (AvgIpc) is 2.39. The smallest absolute Gasteiger partial charge is 0.407 e. The molecule has 0 bridgehead atoms. The Hall–Kier alpha value is -1.34. The van der Waals surface area contributed by atoms with E-state index in [4.69, 9.17) is 15.6 Å². The van der Waals surface area contributed by atoms with E-state index < -0.39 is 11.6 Å². The number of primary amides is 1. The molecular weight excluding hydrogens is 238 g/mol. The maximum absolute atomic E-state index is 11.8. The number of hydrogen-bond donors (Lipinski definition) is 2. The van der Waals surface area contributed by atoms with Crippen LogP contribution in [-0.4, -0.2) is 71.8 Å². The molecule has 7 nitrogen and oxygen atoms in total. The number of rotatable bonds is 2. The van der Waals surface area contributed by atoms with Crippen molar-refractivity contribution in [1.82, 2.24) is 9.80 Å². The molecule has 2 amide bonds. The normalized spacial score (nSPS) is 24.8. The van der Waals surface area contributed by atoms with Crippen molar-refractivity contribution in [2.24, 2.45) is 5.73 Å². The van der Waals surface area contributed by atoms with Crippen LogP contribution < -0.4 is 5.73 Å². The topological polar surface area (TPSA) is 96.1 Å². The molecule has 2 rings (SSSR count). The van der Waals surface area contributed by atoms with Crippen LogP contribution in [0, 0.1) is 0 Å². The van der Waals surface area contributed by atoms with Crippen molar-refractivity contribution in [2.45, 2.75) is 18.4 Å². The first-order chi connectivity index (χ1) is 8.56. The summed E-state index contributed by atoms with van der Waals surface area (Å²) >= 11 is 0. The van der Waals surface area contributed by atoms with E-state index in [1.54, 1.807) is 0 Å². The number of ether oxygens (including phenoxy) is 1. The molecule has 0 unspecified atom stereocenters. The van der Waals surface area contributed by atoms with Crippen molar-refractivity contribution in [3.05, 3.63) is 0 Å². The zero-order chi connectivity index (χ0) is 13.2. The van der Waals surface area contributed by atoms with Crippen LogP contribution in [0.3, 0.4) is 0 Å². The van der Waals surface area contributed by atoms with Crippen LogP contribution in [0.2, 0.25) is 0 Å². The Morgan fingerprint density at radius 3 is 2.11 bits per heavy atom. The lowest BCUT2D eigenvalue weighted by Crippen LogP contribution is -2.64. The van der Waals surface area contributed by atoms with E-state index in [2.05, 4.69) is 4.90 Å². The van der Waals surface area contributed by atoms with Gasteiger partial charge >= 0.3 is 6.09 Å². The number of nitrogens with two attached hydrogens (primary N) is 1. The first-order valence-corrected chi connectivity index (χ1v) is 6.17. The molecule has 0 aromatic carbocycles. The molecule has 0 radical (unpaired) electrons. The van der Waals surface area contributed by atoms with Crippen LogP contribution in [0.15, 0.2) is 0 Å². The van der Waals surface area contributed by atoms with E-state index in [0.29, 0.717) is 52.2 Å². The van der Waals surface area contributed by atoms with Gasteiger partial charge in [0.15, 0.2) is 0 Å². The van der Waals surface area contributed by atoms with E-state index >= 15 is 0 Å². The zero-order valence-electron chi connectivity index (χ0n) is 10.3. The van der Waals surface area contributed by atoms with Gasteiger partial charge < -0.3 is 20.5 Å². The average molecular weight is 257 g/mol. The van der Waals surface area contributed by atoms with Gasteiger partial charge in [-0.05, 0) is 12.8 Å². The largest absolute Gasteiger partial charge is 0.465 e. The number of hydrogen-bond acceptors (Lipinski definition) is 4. The Morgan fingerprint density at radius 2 is 1.67 bits per heavy atom. The van der Waals surface area contributed by atoms with Gasteiger partial charge in [0.2, 0.25) is 5.91 Å². The highest BCUT2D eigenvalue weighted by atomic mass is 16.5. The standard InChI is InChI=1S/C11H19N3O4/c12-9(15)11(14-5-7-18-8-6-14)1-3-13(4-2-11)10(16)17/h1-8H2,(H2,12,15)(H,16,17). The highest BCUT2D eigenvalue weighted by Crippen LogP contribution is 2.29. The molecular formula is C11H19N3O4. The lowest BCUT2D eigenvalue weighted by molar-refractivity contribution is -0.137. The first-order valence-electron chi connectivity index (χ1n) is 6.17. The van der Waals surface area contributed by atoms with Gasteiger partial charge in [-0.25, -0.2) is 4.79 Å². The lowest BCUT2D eigenvalue weighted by Gasteiger charge is -2.47. The molecule has 0 saturated carbocycles. The number of morpholine rings is 1. The Kier molecular flexibility index (Phi) is 3.72. The van der Waals surface area contributed by atoms with Crippen molar-refractivity contribution >= 4 is 12.0 Å². The predicted octanol–water partition coefficient (Wildman–Crippen LogP) is -0.683. The molecule has 2 aliphatic rings. The van der Waals surface area contributed by atoms with Gasteiger partial charge in [-0.2, -0.15) is 0 Å². The maximum Gasteiger partial charge on any atom is 0.407 e. The molecule has 0 aromatic rings. The van der Waals surface area contributed by atoms with Crippen LogP contribution in [0.25, 0.3) is 0 Å².